The van der Waals surface area contributed by atoms with Gasteiger partial charge in [-0.1, -0.05) is 17.1 Å². The molecule has 19 heteroatoms. The zero-order valence-corrected chi connectivity index (χ0v) is 21.6. The molecule has 0 radical (unpaired) electrons. The summed E-state index contributed by atoms with van der Waals surface area (Å²) in [7, 11) is -4.77. The molecule has 3 heterocycles. The van der Waals surface area contributed by atoms with E-state index in [0.717, 1.165) is 13.8 Å². The van der Waals surface area contributed by atoms with Crippen molar-refractivity contribution in [3.63, 3.8) is 0 Å². The van der Waals surface area contributed by atoms with E-state index in [1.54, 1.807) is 4.72 Å². The summed E-state index contributed by atoms with van der Waals surface area (Å²) < 4.78 is 38.9. The lowest BCUT2D eigenvalue weighted by Gasteiger charge is -2.20. The summed E-state index contributed by atoms with van der Waals surface area (Å²) in [5.41, 5.74) is 6.06. The molecule has 1 aliphatic rings. The fraction of sp³-hybridized carbons (Fsp3) is 0.333. The minimum Gasteiger partial charge on any atom is -0.507 e. The summed E-state index contributed by atoms with van der Waals surface area (Å²) in [6, 6.07) is 5.24. The molecule has 1 aromatic carbocycles. The predicted octanol–water partition coefficient (Wildman–Crippen LogP) is -1.15. The Balaban J connectivity index is 1.59. The van der Waals surface area contributed by atoms with Gasteiger partial charge in [0.1, 0.15) is 11.9 Å². The third-order valence-corrected chi connectivity index (χ3v) is 6.20. The molecule has 0 spiro atoms. The Kier molecular flexibility index (Phi) is 8.40. The Labute approximate surface area is 225 Å². The number of aromatic amines is 1. The van der Waals surface area contributed by atoms with E-state index in [-0.39, 0.29) is 17.0 Å². The molecule has 3 aromatic rings. The molecule has 1 aliphatic heterocycles. The molecule has 4 rings (SSSR count). The molecule has 4 atom stereocenters. The summed E-state index contributed by atoms with van der Waals surface area (Å²) >= 11 is 0. The number of aromatic nitrogens is 4. The van der Waals surface area contributed by atoms with E-state index in [2.05, 4.69) is 24.7 Å². The number of rotatable bonds is 10. The van der Waals surface area contributed by atoms with Crippen LogP contribution in [0.3, 0.4) is 0 Å². The number of nitrogens with two attached hydrogens (primary N) is 1. The second-order valence-corrected chi connectivity index (χ2v) is 9.51. The fourth-order valence-electron chi connectivity index (χ4n) is 3.66. The Morgan fingerprint density at radius 1 is 1.12 bits per heavy atom. The van der Waals surface area contributed by atoms with Gasteiger partial charge >= 0.3 is 27.9 Å². The number of ether oxygens (including phenoxy) is 1. The Morgan fingerprint density at radius 2 is 1.80 bits per heavy atom. The van der Waals surface area contributed by atoms with Crippen molar-refractivity contribution in [3.05, 3.63) is 42.5 Å². The van der Waals surface area contributed by atoms with Gasteiger partial charge in [-0.25, -0.2) is 18.9 Å². The number of hydrogen-bond acceptors (Lipinski definition) is 15. The highest BCUT2D eigenvalue weighted by molar-refractivity contribution is 7.85. The van der Waals surface area contributed by atoms with E-state index < -0.39 is 65.0 Å². The number of carbonyl (C=O) groups excluding carboxylic acids is 3. The smallest absolute Gasteiger partial charge is 0.362 e. The Bertz CT molecular complexity index is 1530. The van der Waals surface area contributed by atoms with Gasteiger partial charge in [-0.2, -0.15) is 23.2 Å². The standard InChI is InChI=1S/C21H22N6O12S/c1-10(28)36-38-16-14(7-34-40(32,33)26-20(31)12-5-3-4-6-13(12)30)35-21(17(16)39-37-11(2)29)27-9-25-15-18(22)23-8-24-19(15)27/h3-6,8-9,14,16-17,21H,7H2,1-2H3,(H4,22,23,24,26,30,31)/p+1/t14-,16-,17-,21-/m1/s1. The van der Waals surface area contributed by atoms with Crippen molar-refractivity contribution in [2.75, 3.05) is 12.3 Å². The van der Waals surface area contributed by atoms with Crippen molar-refractivity contribution in [1.29, 1.82) is 0 Å². The number of carbonyl (C=O) groups is 3. The third kappa shape index (κ3) is 6.40. The lowest BCUT2D eigenvalue weighted by atomic mass is 10.1. The number of fused-ring (bicyclic) bond motifs is 1. The van der Waals surface area contributed by atoms with Crippen molar-refractivity contribution in [2.24, 2.45) is 0 Å². The number of phenols is 1. The van der Waals surface area contributed by atoms with E-state index in [9.17, 15) is 27.9 Å². The number of H-pyrrole nitrogens is 1. The predicted molar refractivity (Wildman–Crippen MR) is 126 cm³/mol. The van der Waals surface area contributed by atoms with Crippen LogP contribution in [0, 0.1) is 0 Å². The number of phenolic OH excluding ortho intramolecular Hbond substituents is 1. The van der Waals surface area contributed by atoms with Gasteiger partial charge in [0.15, 0.2) is 30.7 Å². The topological polar surface area (TPSA) is 244 Å². The number of nitrogen functional groups attached to an aromatic ring is 1. The largest absolute Gasteiger partial charge is 0.507 e. The van der Waals surface area contributed by atoms with Crippen LogP contribution in [0.1, 0.15) is 30.4 Å². The van der Waals surface area contributed by atoms with Gasteiger partial charge in [0.05, 0.1) is 12.2 Å². The number of anilines is 1. The summed E-state index contributed by atoms with van der Waals surface area (Å²) in [4.78, 5) is 65.8. The fourth-order valence-corrected chi connectivity index (χ4v) is 4.37. The first-order valence-electron chi connectivity index (χ1n) is 11.3. The van der Waals surface area contributed by atoms with Crippen molar-refractivity contribution >= 4 is 45.1 Å². The van der Waals surface area contributed by atoms with Crippen molar-refractivity contribution in [3.8, 4) is 5.75 Å². The van der Waals surface area contributed by atoms with Crippen LogP contribution in [-0.2, 0) is 48.4 Å². The van der Waals surface area contributed by atoms with Crippen LogP contribution in [0.4, 0.5) is 5.82 Å². The van der Waals surface area contributed by atoms with Crippen LogP contribution >= 0.6 is 0 Å². The summed E-state index contributed by atoms with van der Waals surface area (Å²) in [6.07, 6.45) is -2.93. The number of aromatic hydroxyl groups is 1. The molecular formula is C21H23N6O12S+. The molecule has 0 aliphatic carbocycles. The molecule has 0 saturated carbocycles. The average molecular weight is 584 g/mol. The number of nitrogens with zero attached hydrogens (tertiary/aromatic N) is 3. The Morgan fingerprint density at radius 3 is 2.48 bits per heavy atom. The summed E-state index contributed by atoms with van der Waals surface area (Å²) in [6.45, 7) is 1.28. The second kappa shape index (κ2) is 11.8. The molecule has 1 fully saturated rings. The molecule has 1 saturated heterocycles. The lowest BCUT2D eigenvalue weighted by molar-refractivity contribution is -0.749. The van der Waals surface area contributed by atoms with Crippen molar-refractivity contribution in [2.45, 2.75) is 38.4 Å². The van der Waals surface area contributed by atoms with Gasteiger partial charge in [-0.3, -0.25) is 23.7 Å². The number of benzene rings is 1. The molecule has 0 unspecified atom stereocenters. The molecule has 214 valence electrons. The number of amides is 1. The van der Waals surface area contributed by atoms with Crippen LogP contribution in [0.25, 0.3) is 11.2 Å². The summed E-state index contributed by atoms with van der Waals surface area (Å²) in [5.74, 6) is -3.26. The van der Waals surface area contributed by atoms with E-state index in [1.807, 2.05) is 0 Å². The Hall–Kier alpha value is -4.43. The van der Waals surface area contributed by atoms with Gasteiger partial charge in [-0.05, 0) is 12.1 Å². The molecule has 5 N–H and O–H groups in total. The first-order valence-corrected chi connectivity index (χ1v) is 12.7. The second-order valence-electron chi connectivity index (χ2n) is 8.16. The lowest BCUT2D eigenvalue weighted by Crippen LogP contribution is -2.47. The van der Waals surface area contributed by atoms with Gasteiger partial charge in [-0.15, -0.1) is 0 Å². The number of para-hydroxylation sites is 1. The van der Waals surface area contributed by atoms with Crippen LogP contribution in [0.5, 0.6) is 5.75 Å². The first-order chi connectivity index (χ1) is 19.0. The molecule has 40 heavy (non-hydrogen) atoms. The molecule has 0 bridgehead atoms. The highest BCUT2D eigenvalue weighted by Crippen LogP contribution is 2.32. The average Bonchev–Trinajstić information content (AvgIpc) is 3.46. The summed E-state index contributed by atoms with van der Waals surface area (Å²) in [5, 5.41) is 9.80. The highest BCUT2D eigenvalue weighted by atomic mass is 32.2. The first kappa shape index (κ1) is 28.6. The van der Waals surface area contributed by atoms with Crippen LogP contribution < -0.4 is 15.0 Å². The van der Waals surface area contributed by atoms with Gasteiger partial charge in [0.2, 0.25) is 11.7 Å². The van der Waals surface area contributed by atoms with Gasteiger partial charge in [0, 0.05) is 13.8 Å². The number of nitrogens with one attached hydrogen (secondary N) is 2. The molecule has 18 nitrogen and oxygen atoms in total. The van der Waals surface area contributed by atoms with E-state index in [1.165, 1.54) is 41.5 Å². The van der Waals surface area contributed by atoms with Crippen molar-refractivity contribution < 1.29 is 60.9 Å². The minimum absolute atomic E-state index is 0.0954. The third-order valence-electron chi connectivity index (χ3n) is 5.32. The van der Waals surface area contributed by atoms with Gasteiger partial charge in [0.25, 0.3) is 5.91 Å². The van der Waals surface area contributed by atoms with E-state index >= 15 is 0 Å². The van der Waals surface area contributed by atoms with Crippen molar-refractivity contribution in [1.82, 2.24) is 19.7 Å². The zero-order chi connectivity index (χ0) is 29.0. The monoisotopic (exact) mass is 583 g/mol. The molecule has 2 aromatic heterocycles. The van der Waals surface area contributed by atoms with Crippen LogP contribution in [0.15, 0.2) is 36.9 Å². The highest BCUT2D eigenvalue weighted by Gasteiger charge is 2.53. The van der Waals surface area contributed by atoms with Gasteiger partial charge < -0.3 is 15.6 Å². The van der Waals surface area contributed by atoms with Crippen LogP contribution in [0.2, 0.25) is 0 Å². The normalized spacial score (nSPS) is 20.8. The number of imidazole rings is 1. The molecular weight excluding hydrogens is 560 g/mol. The maximum atomic E-state index is 12.5. The SMILES string of the molecule is CC(=O)OO[C@@H]1[C@H](OOC(C)=O)[C@@H](COS(=O)(=O)NC(=O)c2ccccc2O)O[C@H]1[n+]1c[nH]c2c(N)ncnc21. The maximum Gasteiger partial charge on any atom is 0.362 e. The molecule has 1 amide bonds. The zero-order valence-electron chi connectivity index (χ0n) is 20.7. The van der Waals surface area contributed by atoms with E-state index in [0.29, 0.717) is 5.52 Å². The number of hydrogen-bond donors (Lipinski definition) is 4. The maximum absolute atomic E-state index is 12.5. The van der Waals surface area contributed by atoms with E-state index in [4.69, 9.17) is 24.4 Å². The minimum atomic E-state index is -4.77. The quantitative estimate of drug-likeness (QED) is 0.125. The van der Waals surface area contributed by atoms with Crippen LogP contribution in [-0.4, -0.2) is 71.2 Å².